The van der Waals surface area contributed by atoms with Crippen molar-refractivity contribution >= 4 is 22.2 Å². The van der Waals surface area contributed by atoms with Gasteiger partial charge in [0.25, 0.3) is 0 Å². The van der Waals surface area contributed by atoms with E-state index in [1.807, 2.05) is 13.1 Å². The van der Waals surface area contributed by atoms with Crippen LogP contribution in [0.25, 0.3) is 22.2 Å². The van der Waals surface area contributed by atoms with Gasteiger partial charge >= 0.3 is 0 Å². The Morgan fingerprint density at radius 1 is 1.27 bits per heavy atom. The predicted octanol–water partition coefficient (Wildman–Crippen LogP) is 3.60. The first-order valence-corrected chi connectivity index (χ1v) is 5.70. The fourth-order valence-electron chi connectivity index (χ4n) is 1.70. The average Bonchev–Trinajstić information content (AvgIpc) is 2.84. The van der Waals surface area contributed by atoms with E-state index in [1.165, 1.54) is 10.9 Å². The smallest absolute Gasteiger partial charge is 0.0901 e. The van der Waals surface area contributed by atoms with Crippen molar-refractivity contribution in [2.24, 2.45) is 0 Å². The predicted molar refractivity (Wildman–Crippen MR) is 64.1 cm³/mol. The quantitative estimate of drug-likeness (QED) is 0.658. The summed E-state index contributed by atoms with van der Waals surface area (Å²) in [5, 5.41) is 4.45. The molecule has 3 rings (SSSR count). The first-order chi connectivity index (χ1) is 7.33. The number of aromatic nitrogens is 2. The van der Waals surface area contributed by atoms with Crippen molar-refractivity contribution in [3.63, 3.8) is 0 Å². The number of aryl methyl sites for hydroxylation is 1. The van der Waals surface area contributed by atoms with Gasteiger partial charge in [0, 0.05) is 22.7 Å². The van der Waals surface area contributed by atoms with Gasteiger partial charge in [0.1, 0.15) is 0 Å². The minimum Gasteiger partial charge on any atom is -0.361 e. The van der Waals surface area contributed by atoms with E-state index >= 15 is 0 Å². The Hall–Kier alpha value is -1.61. The normalized spacial score (nSPS) is 11.0. The molecule has 0 amide bonds. The maximum Gasteiger partial charge on any atom is 0.0901 e. The lowest BCUT2D eigenvalue weighted by atomic mass is 10.1. The first kappa shape index (κ1) is 8.68. The Morgan fingerprint density at radius 2 is 2.20 bits per heavy atom. The van der Waals surface area contributed by atoms with Crippen LogP contribution < -0.4 is 0 Å². The zero-order valence-corrected chi connectivity index (χ0v) is 9.14. The zero-order valence-electron chi connectivity index (χ0n) is 8.32. The van der Waals surface area contributed by atoms with Crippen LogP contribution in [0, 0.1) is 6.92 Å². The van der Waals surface area contributed by atoms with Crippen LogP contribution >= 0.6 is 11.3 Å². The highest BCUT2D eigenvalue weighted by Crippen LogP contribution is 2.24. The fourth-order valence-corrected chi connectivity index (χ4v) is 2.33. The topological polar surface area (TPSA) is 28.7 Å². The number of H-pyrrole nitrogens is 1. The Morgan fingerprint density at radius 3 is 3.00 bits per heavy atom. The van der Waals surface area contributed by atoms with E-state index in [0.717, 1.165) is 16.2 Å². The highest BCUT2D eigenvalue weighted by Gasteiger charge is 2.03. The highest BCUT2D eigenvalue weighted by molar-refractivity contribution is 7.09. The summed E-state index contributed by atoms with van der Waals surface area (Å²) in [6.07, 6.45) is 1.96. The van der Waals surface area contributed by atoms with Crippen LogP contribution in [0.3, 0.4) is 0 Å². The van der Waals surface area contributed by atoms with Crippen LogP contribution in [-0.2, 0) is 0 Å². The van der Waals surface area contributed by atoms with Gasteiger partial charge in [-0.25, -0.2) is 4.98 Å². The summed E-state index contributed by atoms with van der Waals surface area (Å²) in [4.78, 5) is 7.69. The van der Waals surface area contributed by atoms with E-state index in [1.54, 1.807) is 11.3 Å². The zero-order chi connectivity index (χ0) is 10.3. The summed E-state index contributed by atoms with van der Waals surface area (Å²) in [5.41, 5.74) is 3.40. The van der Waals surface area contributed by atoms with E-state index in [9.17, 15) is 0 Å². The standard InChI is InChI=1S/C12H10N2S/c1-8-14-12(7-15-8)10-3-2-9-4-5-13-11(9)6-10/h2-7,13H,1H3. The number of rotatable bonds is 1. The Bertz CT molecular complexity index is 607. The van der Waals surface area contributed by atoms with E-state index < -0.39 is 0 Å². The monoisotopic (exact) mass is 214 g/mol. The van der Waals surface area contributed by atoms with Crippen LogP contribution in [0.15, 0.2) is 35.8 Å². The van der Waals surface area contributed by atoms with Gasteiger partial charge in [0.05, 0.1) is 10.7 Å². The number of thiazole rings is 1. The van der Waals surface area contributed by atoms with Gasteiger partial charge in [-0.2, -0.15) is 0 Å². The number of hydrogen-bond acceptors (Lipinski definition) is 2. The summed E-state index contributed by atoms with van der Waals surface area (Å²) >= 11 is 1.69. The van der Waals surface area contributed by atoms with Crippen LogP contribution in [-0.4, -0.2) is 9.97 Å². The van der Waals surface area contributed by atoms with Crippen LogP contribution in [0.2, 0.25) is 0 Å². The lowest BCUT2D eigenvalue weighted by molar-refractivity contribution is 1.30. The molecule has 0 aliphatic carbocycles. The second-order valence-electron chi connectivity index (χ2n) is 3.53. The molecule has 0 radical (unpaired) electrons. The Labute approximate surface area is 91.6 Å². The van der Waals surface area contributed by atoms with Gasteiger partial charge in [-0.3, -0.25) is 0 Å². The number of aromatic amines is 1. The lowest BCUT2D eigenvalue weighted by Crippen LogP contribution is -1.78. The summed E-state index contributed by atoms with van der Waals surface area (Å²) in [7, 11) is 0. The van der Waals surface area contributed by atoms with Crippen LogP contribution in [0.4, 0.5) is 0 Å². The number of fused-ring (bicyclic) bond motifs is 1. The highest BCUT2D eigenvalue weighted by atomic mass is 32.1. The van der Waals surface area contributed by atoms with E-state index in [0.29, 0.717) is 0 Å². The molecule has 0 saturated heterocycles. The molecule has 15 heavy (non-hydrogen) atoms. The Kier molecular flexibility index (Phi) is 1.86. The van der Waals surface area contributed by atoms with Crippen LogP contribution in [0.5, 0.6) is 0 Å². The largest absolute Gasteiger partial charge is 0.361 e. The molecule has 0 atom stereocenters. The third kappa shape index (κ3) is 1.45. The molecule has 2 aromatic heterocycles. The molecule has 2 nitrogen and oxygen atoms in total. The first-order valence-electron chi connectivity index (χ1n) is 4.82. The fraction of sp³-hybridized carbons (Fsp3) is 0.0833. The van der Waals surface area contributed by atoms with E-state index in [-0.39, 0.29) is 0 Å². The number of nitrogens with one attached hydrogen (secondary N) is 1. The molecule has 3 heteroatoms. The summed E-state index contributed by atoms with van der Waals surface area (Å²) in [6, 6.07) is 8.45. The molecule has 0 bridgehead atoms. The number of nitrogens with zero attached hydrogens (tertiary/aromatic N) is 1. The summed E-state index contributed by atoms with van der Waals surface area (Å²) < 4.78 is 0. The second-order valence-corrected chi connectivity index (χ2v) is 4.59. The molecule has 0 spiro atoms. The third-order valence-electron chi connectivity index (χ3n) is 2.47. The molecule has 74 valence electrons. The molecule has 0 aliphatic heterocycles. The molecular weight excluding hydrogens is 204 g/mol. The van der Waals surface area contributed by atoms with Gasteiger partial charge in [-0.1, -0.05) is 12.1 Å². The van der Waals surface area contributed by atoms with Gasteiger partial charge in [0.15, 0.2) is 0 Å². The van der Waals surface area contributed by atoms with Crippen molar-refractivity contribution < 1.29 is 0 Å². The second kappa shape index (κ2) is 3.21. The van der Waals surface area contributed by atoms with Crippen molar-refractivity contribution in [2.45, 2.75) is 6.92 Å². The minimum absolute atomic E-state index is 1.06. The van der Waals surface area contributed by atoms with Crippen molar-refractivity contribution in [1.82, 2.24) is 9.97 Å². The minimum atomic E-state index is 1.06. The van der Waals surface area contributed by atoms with Gasteiger partial charge in [-0.15, -0.1) is 11.3 Å². The maximum absolute atomic E-state index is 4.48. The lowest BCUT2D eigenvalue weighted by Gasteiger charge is -1.96. The molecular formula is C12H10N2S. The molecule has 1 N–H and O–H groups in total. The summed E-state index contributed by atoms with van der Waals surface area (Å²) in [6.45, 7) is 2.03. The van der Waals surface area contributed by atoms with Crippen LogP contribution in [0.1, 0.15) is 5.01 Å². The summed E-state index contributed by atoms with van der Waals surface area (Å²) in [5.74, 6) is 0. The van der Waals surface area contributed by atoms with Crippen molar-refractivity contribution in [3.8, 4) is 11.3 Å². The SMILES string of the molecule is Cc1nc(-c2ccc3cc[nH]c3c2)cs1. The van der Waals surface area contributed by atoms with Gasteiger partial charge < -0.3 is 4.98 Å². The molecule has 3 aromatic rings. The molecule has 0 aliphatic rings. The van der Waals surface area contributed by atoms with Crippen molar-refractivity contribution in [2.75, 3.05) is 0 Å². The number of hydrogen-bond donors (Lipinski definition) is 1. The van der Waals surface area contributed by atoms with Gasteiger partial charge in [-0.05, 0) is 24.4 Å². The molecule has 0 unspecified atom stereocenters. The van der Waals surface area contributed by atoms with E-state index in [4.69, 9.17) is 0 Å². The molecule has 0 saturated carbocycles. The Balaban J connectivity index is 2.18. The van der Waals surface area contributed by atoms with E-state index in [2.05, 4.69) is 39.6 Å². The van der Waals surface area contributed by atoms with Crippen molar-refractivity contribution in [1.29, 1.82) is 0 Å². The average molecular weight is 214 g/mol. The maximum atomic E-state index is 4.48. The van der Waals surface area contributed by atoms with Crippen molar-refractivity contribution in [3.05, 3.63) is 40.8 Å². The molecule has 2 heterocycles. The molecule has 1 aromatic carbocycles. The molecule has 0 fully saturated rings. The number of benzene rings is 1. The third-order valence-corrected chi connectivity index (χ3v) is 3.24. The van der Waals surface area contributed by atoms with Gasteiger partial charge in [0.2, 0.25) is 0 Å².